The van der Waals surface area contributed by atoms with Crippen molar-refractivity contribution in [2.45, 2.75) is 31.5 Å². The van der Waals surface area contributed by atoms with Gasteiger partial charge in [-0.25, -0.2) is 9.36 Å². The van der Waals surface area contributed by atoms with Crippen molar-refractivity contribution in [1.82, 2.24) is 9.55 Å². The highest BCUT2D eigenvalue weighted by Gasteiger charge is 2.46. The van der Waals surface area contributed by atoms with Gasteiger partial charge in [-0.2, -0.15) is 0 Å². The summed E-state index contributed by atoms with van der Waals surface area (Å²) in [6.45, 7) is 1.17. The van der Waals surface area contributed by atoms with E-state index in [0.717, 1.165) is 4.57 Å². The summed E-state index contributed by atoms with van der Waals surface area (Å²) in [4.78, 5) is 43.3. The molecule has 1 aliphatic rings. The lowest BCUT2D eigenvalue weighted by Gasteiger charge is -2.21. The predicted molar refractivity (Wildman–Crippen MR) is 85.6 cm³/mol. The van der Waals surface area contributed by atoms with Crippen LogP contribution in [0, 0.1) is 6.92 Å². The first kappa shape index (κ1) is 20.9. The molecule has 1 aliphatic heterocycles. The number of phosphoric acid groups is 1. The minimum atomic E-state index is -4.77. The van der Waals surface area contributed by atoms with Crippen molar-refractivity contribution in [1.29, 1.82) is 0 Å². The van der Waals surface area contributed by atoms with Crippen LogP contribution in [0.4, 0.5) is 0 Å². The molecule has 0 spiro atoms. The molecular formula is C13H21N2O10P. The van der Waals surface area contributed by atoms with Crippen molar-refractivity contribution >= 4 is 7.82 Å². The number of rotatable bonds is 8. The summed E-state index contributed by atoms with van der Waals surface area (Å²) in [6, 6.07) is 0. The average Bonchev–Trinajstić information content (AvgIpc) is 2.85. The van der Waals surface area contributed by atoms with E-state index in [-0.39, 0.29) is 18.8 Å². The first-order valence-electron chi connectivity index (χ1n) is 7.60. The predicted octanol–water partition coefficient (Wildman–Crippen LogP) is -1.76. The van der Waals surface area contributed by atoms with E-state index in [2.05, 4.69) is 9.51 Å². The fourth-order valence-electron chi connectivity index (χ4n) is 2.50. The molecule has 0 aliphatic carbocycles. The molecule has 0 aromatic carbocycles. The molecule has 148 valence electrons. The van der Waals surface area contributed by atoms with Gasteiger partial charge in [0.1, 0.15) is 18.3 Å². The van der Waals surface area contributed by atoms with Crippen LogP contribution in [0.3, 0.4) is 0 Å². The second-order valence-electron chi connectivity index (χ2n) is 5.65. The number of aryl methyl sites for hydroxylation is 1. The monoisotopic (exact) mass is 396 g/mol. The Bertz CT molecular complexity index is 771. The van der Waals surface area contributed by atoms with Crippen LogP contribution in [0.1, 0.15) is 11.8 Å². The van der Waals surface area contributed by atoms with Crippen LogP contribution in [0.15, 0.2) is 15.8 Å². The standard InChI is InChI=1S/C13H21N2O10P/c1-7-5-15(13(18)14-11(7)17)12-9(16)10(23-4-3-22-2)8(25-12)6-24-26(19,20)21/h5,8-10,12,16H,3-4,6H2,1-2H3,(H,14,17,18)(H2,19,20,21)/t8-,9-,10-,12-/m1/s1. The number of nitrogens with zero attached hydrogens (tertiary/aromatic N) is 1. The summed E-state index contributed by atoms with van der Waals surface area (Å²) in [5.74, 6) is 0. The van der Waals surface area contributed by atoms with Crippen molar-refractivity contribution in [3.05, 3.63) is 32.6 Å². The zero-order chi connectivity index (χ0) is 19.5. The Morgan fingerprint density at radius 1 is 1.35 bits per heavy atom. The second kappa shape index (κ2) is 8.55. The SMILES string of the molecule is COCCO[C@H]1[C@@H](O)[C@H](n2cc(C)c(=O)[nH]c2=O)O[C@@H]1COP(=O)(O)O. The van der Waals surface area contributed by atoms with Gasteiger partial charge in [-0.3, -0.25) is 18.9 Å². The maximum Gasteiger partial charge on any atom is 0.469 e. The van der Waals surface area contributed by atoms with E-state index in [1.807, 2.05) is 0 Å². The summed E-state index contributed by atoms with van der Waals surface area (Å²) >= 11 is 0. The molecule has 1 aromatic heterocycles. The number of aliphatic hydroxyl groups is 1. The highest BCUT2D eigenvalue weighted by Crippen LogP contribution is 2.38. The molecule has 13 heteroatoms. The third kappa shape index (κ3) is 5.09. The van der Waals surface area contributed by atoms with Gasteiger partial charge in [0.2, 0.25) is 0 Å². The number of methoxy groups -OCH3 is 1. The van der Waals surface area contributed by atoms with Gasteiger partial charge >= 0.3 is 13.5 Å². The van der Waals surface area contributed by atoms with Crippen LogP contribution in [-0.4, -0.2) is 69.7 Å². The van der Waals surface area contributed by atoms with Gasteiger partial charge in [0.25, 0.3) is 5.56 Å². The van der Waals surface area contributed by atoms with Crippen molar-refractivity contribution in [3.63, 3.8) is 0 Å². The number of H-pyrrole nitrogens is 1. The van der Waals surface area contributed by atoms with Crippen LogP contribution in [0.5, 0.6) is 0 Å². The summed E-state index contributed by atoms with van der Waals surface area (Å²) in [6.07, 6.45) is -3.50. The van der Waals surface area contributed by atoms with Gasteiger partial charge in [0.15, 0.2) is 6.23 Å². The molecule has 4 atom stereocenters. The molecule has 0 bridgehead atoms. The molecule has 0 unspecified atom stereocenters. The second-order valence-corrected chi connectivity index (χ2v) is 6.89. The van der Waals surface area contributed by atoms with E-state index < -0.39 is 50.2 Å². The number of nitrogens with one attached hydrogen (secondary N) is 1. The molecule has 0 saturated carbocycles. The maximum atomic E-state index is 12.0. The van der Waals surface area contributed by atoms with Gasteiger partial charge < -0.3 is 29.1 Å². The molecule has 1 fully saturated rings. The first-order chi connectivity index (χ1) is 12.1. The molecule has 1 saturated heterocycles. The lowest BCUT2D eigenvalue weighted by atomic mass is 10.1. The molecule has 12 nitrogen and oxygen atoms in total. The van der Waals surface area contributed by atoms with Gasteiger partial charge in [-0.1, -0.05) is 0 Å². The Morgan fingerprint density at radius 2 is 2.04 bits per heavy atom. The number of aliphatic hydroxyl groups excluding tert-OH is 1. The summed E-state index contributed by atoms with van der Waals surface area (Å²) in [5.41, 5.74) is -1.17. The molecule has 2 heterocycles. The number of phosphoric ester groups is 1. The number of hydrogen-bond acceptors (Lipinski definition) is 8. The van der Waals surface area contributed by atoms with E-state index >= 15 is 0 Å². The van der Waals surface area contributed by atoms with Crippen LogP contribution in [0.2, 0.25) is 0 Å². The summed E-state index contributed by atoms with van der Waals surface area (Å²) < 4.78 is 32.2. The van der Waals surface area contributed by atoms with Crippen molar-refractivity contribution in [3.8, 4) is 0 Å². The zero-order valence-electron chi connectivity index (χ0n) is 14.1. The summed E-state index contributed by atoms with van der Waals surface area (Å²) in [7, 11) is -3.32. The zero-order valence-corrected chi connectivity index (χ0v) is 15.0. The first-order valence-corrected chi connectivity index (χ1v) is 9.13. The quantitative estimate of drug-likeness (QED) is 0.292. The highest BCUT2D eigenvalue weighted by molar-refractivity contribution is 7.46. The molecule has 0 radical (unpaired) electrons. The third-order valence-electron chi connectivity index (χ3n) is 3.73. The van der Waals surface area contributed by atoms with Crippen LogP contribution < -0.4 is 11.2 Å². The normalized spacial score (nSPS) is 26.3. The molecular weight excluding hydrogens is 375 g/mol. The largest absolute Gasteiger partial charge is 0.469 e. The third-order valence-corrected chi connectivity index (χ3v) is 4.22. The van der Waals surface area contributed by atoms with Crippen LogP contribution in [-0.2, 0) is 23.3 Å². The Morgan fingerprint density at radius 3 is 2.65 bits per heavy atom. The molecule has 1 aromatic rings. The fourth-order valence-corrected chi connectivity index (χ4v) is 2.84. The van der Waals surface area contributed by atoms with E-state index in [0.29, 0.717) is 0 Å². The van der Waals surface area contributed by atoms with Crippen molar-refractivity contribution in [2.75, 3.05) is 26.9 Å². The average molecular weight is 396 g/mol. The van der Waals surface area contributed by atoms with E-state index in [1.165, 1.54) is 20.2 Å². The van der Waals surface area contributed by atoms with E-state index in [9.17, 15) is 19.3 Å². The number of aromatic nitrogens is 2. The minimum Gasteiger partial charge on any atom is -0.386 e. The fraction of sp³-hybridized carbons (Fsp3) is 0.692. The number of aromatic amines is 1. The van der Waals surface area contributed by atoms with Gasteiger partial charge in [0.05, 0.1) is 19.8 Å². The van der Waals surface area contributed by atoms with Crippen LogP contribution in [0.25, 0.3) is 0 Å². The van der Waals surface area contributed by atoms with E-state index in [4.69, 9.17) is 24.0 Å². The molecule has 2 rings (SSSR count). The Balaban J connectivity index is 2.25. The van der Waals surface area contributed by atoms with Gasteiger partial charge in [-0.05, 0) is 6.92 Å². The molecule has 4 N–H and O–H groups in total. The van der Waals surface area contributed by atoms with Gasteiger partial charge in [0, 0.05) is 18.9 Å². The number of hydrogen-bond donors (Lipinski definition) is 4. The van der Waals surface area contributed by atoms with Crippen molar-refractivity contribution < 1.29 is 38.2 Å². The maximum absolute atomic E-state index is 12.0. The van der Waals surface area contributed by atoms with Crippen LogP contribution >= 0.6 is 7.82 Å². The minimum absolute atomic E-state index is 0.0697. The lowest BCUT2D eigenvalue weighted by Crippen LogP contribution is -2.40. The van der Waals surface area contributed by atoms with E-state index in [1.54, 1.807) is 0 Å². The number of ether oxygens (including phenoxy) is 3. The van der Waals surface area contributed by atoms with Crippen molar-refractivity contribution in [2.24, 2.45) is 0 Å². The topological polar surface area (TPSA) is 170 Å². The lowest BCUT2D eigenvalue weighted by molar-refractivity contribution is -0.0676. The van der Waals surface area contributed by atoms with Gasteiger partial charge in [-0.15, -0.1) is 0 Å². The molecule has 26 heavy (non-hydrogen) atoms. The Hall–Kier alpha value is -1.37. The Kier molecular flexibility index (Phi) is 6.88. The molecule has 0 amide bonds. The highest BCUT2D eigenvalue weighted by atomic mass is 31.2. The summed E-state index contributed by atoms with van der Waals surface area (Å²) in [5, 5.41) is 10.5. The Labute approximate surface area is 147 Å². The smallest absolute Gasteiger partial charge is 0.386 e.